The Morgan fingerprint density at radius 3 is 2.29 bits per heavy atom. The minimum Gasteiger partial charge on any atom is -0.481 e. The summed E-state index contributed by atoms with van der Waals surface area (Å²) in [5.41, 5.74) is 5.38. The lowest BCUT2D eigenvalue weighted by molar-refractivity contribution is -0.141. The van der Waals surface area contributed by atoms with E-state index in [1.165, 1.54) is 0 Å². The third-order valence-electron chi connectivity index (χ3n) is 2.24. The molecule has 2 atom stereocenters. The van der Waals surface area contributed by atoms with Crippen LogP contribution in [-0.2, 0) is 9.59 Å². The van der Waals surface area contributed by atoms with Gasteiger partial charge >= 0.3 is 5.97 Å². The third-order valence-corrected chi connectivity index (χ3v) is 2.24. The first-order chi connectivity index (χ1) is 6.45. The van der Waals surface area contributed by atoms with E-state index < -0.39 is 12.0 Å². The quantitative estimate of drug-likeness (QED) is 0.606. The summed E-state index contributed by atoms with van der Waals surface area (Å²) in [5.74, 6) is -1.04. The molecule has 0 heterocycles. The van der Waals surface area contributed by atoms with Crippen molar-refractivity contribution in [3.63, 3.8) is 0 Å². The number of nitrogens with two attached hydrogens (primary N) is 1. The van der Waals surface area contributed by atoms with Gasteiger partial charge in [0, 0.05) is 6.42 Å². The zero-order chi connectivity index (χ0) is 11.1. The molecule has 0 amide bonds. The molecule has 0 aromatic carbocycles. The molecule has 2 unspecified atom stereocenters. The zero-order valence-electron chi connectivity index (χ0n) is 8.82. The molecule has 3 N–H and O–H groups in total. The lowest BCUT2D eigenvalue weighted by atomic mass is 10.0. The average molecular weight is 201 g/mol. The summed E-state index contributed by atoms with van der Waals surface area (Å²) in [7, 11) is 0. The molecule has 0 aromatic rings. The van der Waals surface area contributed by atoms with Gasteiger partial charge < -0.3 is 10.8 Å². The number of hydrogen-bond donors (Lipinski definition) is 2. The van der Waals surface area contributed by atoms with Crippen molar-refractivity contribution in [1.82, 2.24) is 0 Å². The largest absolute Gasteiger partial charge is 0.481 e. The number of carbonyl (C=O) groups excluding carboxylic acids is 1. The Kier molecular flexibility index (Phi) is 6.12. The fraction of sp³-hybridized carbons (Fsp3) is 0.800. The lowest BCUT2D eigenvalue weighted by Gasteiger charge is -2.06. The summed E-state index contributed by atoms with van der Waals surface area (Å²) < 4.78 is 0. The van der Waals surface area contributed by atoms with Gasteiger partial charge in [-0.3, -0.25) is 9.59 Å². The van der Waals surface area contributed by atoms with Gasteiger partial charge in [0.25, 0.3) is 0 Å². The molecule has 0 aliphatic heterocycles. The fourth-order valence-electron chi connectivity index (χ4n) is 1.10. The van der Waals surface area contributed by atoms with Crippen LogP contribution >= 0.6 is 0 Å². The molecule has 0 saturated carbocycles. The van der Waals surface area contributed by atoms with Crippen molar-refractivity contribution in [3.05, 3.63) is 0 Å². The van der Waals surface area contributed by atoms with Crippen LogP contribution in [0.25, 0.3) is 0 Å². The average Bonchev–Trinajstić information content (AvgIpc) is 2.11. The Labute approximate surface area is 84.5 Å². The van der Waals surface area contributed by atoms with E-state index in [4.69, 9.17) is 10.8 Å². The smallest absolute Gasteiger partial charge is 0.306 e. The first-order valence-corrected chi connectivity index (χ1v) is 4.96. The van der Waals surface area contributed by atoms with Gasteiger partial charge in [-0.05, 0) is 19.8 Å². The van der Waals surface area contributed by atoms with Crippen molar-refractivity contribution in [3.8, 4) is 0 Å². The maximum Gasteiger partial charge on any atom is 0.306 e. The molecule has 0 saturated heterocycles. The third kappa shape index (κ3) is 5.70. The number of unbranched alkanes of at least 4 members (excludes halogenated alkanes) is 1. The topological polar surface area (TPSA) is 80.4 Å². The Bertz CT molecular complexity index is 202. The van der Waals surface area contributed by atoms with E-state index in [2.05, 4.69) is 0 Å². The molecule has 4 heteroatoms. The van der Waals surface area contributed by atoms with Crippen molar-refractivity contribution in [2.24, 2.45) is 11.7 Å². The molecule has 0 aliphatic rings. The SMILES string of the molecule is CC(N)C(=O)CCCCC(C)C(=O)O. The van der Waals surface area contributed by atoms with E-state index in [9.17, 15) is 9.59 Å². The van der Waals surface area contributed by atoms with Crippen molar-refractivity contribution in [2.75, 3.05) is 0 Å². The highest BCUT2D eigenvalue weighted by molar-refractivity contribution is 5.83. The highest BCUT2D eigenvalue weighted by Gasteiger charge is 2.11. The number of aliphatic carboxylic acids is 1. The standard InChI is InChI=1S/C10H19NO3/c1-7(10(13)14)5-3-4-6-9(12)8(2)11/h7-8H,3-6,11H2,1-2H3,(H,13,14). The predicted octanol–water partition coefficient (Wildman–Crippen LogP) is 1.18. The van der Waals surface area contributed by atoms with Gasteiger partial charge in [-0.2, -0.15) is 0 Å². The lowest BCUT2D eigenvalue weighted by Crippen LogP contribution is -2.26. The van der Waals surface area contributed by atoms with Crippen molar-refractivity contribution < 1.29 is 14.7 Å². The summed E-state index contributed by atoms with van der Waals surface area (Å²) in [4.78, 5) is 21.5. The summed E-state index contributed by atoms with van der Waals surface area (Å²) >= 11 is 0. The minimum absolute atomic E-state index is 0.0491. The first-order valence-electron chi connectivity index (χ1n) is 4.96. The monoisotopic (exact) mass is 201 g/mol. The molecule has 82 valence electrons. The molecular weight excluding hydrogens is 182 g/mol. The van der Waals surface area contributed by atoms with Crippen LogP contribution in [0.3, 0.4) is 0 Å². The zero-order valence-corrected chi connectivity index (χ0v) is 8.82. The molecule has 0 fully saturated rings. The number of Topliss-reactive ketones (excluding diaryl/α,β-unsaturated/α-hetero) is 1. The van der Waals surface area contributed by atoms with E-state index >= 15 is 0 Å². The Hall–Kier alpha value is -0.900. The molecule has 0 radical (unpaired) electrons. The predicted molar refractivity (Wildman–Crippen MR) is 53.9 cm³/mol. The minimum atomic E-state index is -0.775. The molecule has 14 heavy (non-hydrogen) atoms. The number of carbonyl (C=O) groups is 2. The summed E-state index contributed by atoms with van der Waals surface area (Å²) in [6.07, 6.45) is 2.59. The number of carboxylic acids is 1. The van der Waals surface area contributed by atoms with Crippen LogP contribution in [-0.4, -0.2) is 22.9 Å². The highest BCUT2D eigenvalue weighted by atomic mass is 16.4. The van der Waals surface area contributed by atoms with E-state index in [1.807, 2.05) is 0 Å². The van der Waals surface area contributed by atoms with Crippen LogP contribution < -0.4 is 5.73 Å². The maximum atomic E-state index is 11.1. The van der Waals surface area contributed by atoms with Gasteiger partial charge in [-0.1, -0.05) is 13.3 Å². The Morgan fingerprint density at radius 2 is 1.86 bits per heavy atom. The second-order valence-electron chi connectivity index (χ2n) is 3.74. The summed E-state index contributed by atoms with van der Waals surface area (Å²) in [6.45, 7) is 3.35. The maximum absolute atomic E-state index is 11.1. The fourth-order valence-corrected chi connectivity index (χ4v) is 1.10. The van der Waals surface area contributed by atoms with Crippen LogP contribution in [0.5, 0.6) is 0 Å². The second kappa shape index (κ2) is 6.54. The molecular formula is C10H19NO3. The highest BCUT2D eigenvalue weighted by Crippen LogP contribution is 2.09. The van der Waals surface area contributed by atoms with Crippen molar-refractivity contribution in [1.29, 1.82) is 0 Å². The molecule has 0 aliphatic carbocycles. The molecule has 0 aromatic heterocycles. The van der Waals surface area contributed by atoms with Crippen LogP contribution in [0.4, 0.5) is 0 Å². The number of carboxylic acid groups (broad SMARTS) is 1. The second-order valence-corrected chi connectivity index (χ2v) is 3.74. The van der Waals surface area contributed by atoms with Crippen LogP contribution in [0, 0.1) is 5.92 Å². The molecule has 0 bridgehead atoms. The van der Waals surface area contributed by atoms with Crippen LogP contribution in [0.15, 0.2) is 0 Å². The van der Waals surface area contributed by atoms with Gasteiger partial charge in [0.15, 0.2) is 0 Å². The van der Waals surface area contributed by atoms with Crippen molar-refractivity contribution in [2.45, 2.75) is 45.6 Å². The Balaban J connectivity index is 3.47. The summed E-state index contributed by atoms with van der Waals surface area (Å²) in [6, 6.07) is -0.396. The van der Waals surface area contributed by atoms with Gasteiger partial charge in [0.05, 0.1) is 12.0 Å². The Morgan fingerprint density at radius 1 is 1.29 bits per heavy atom. The van der Waals surface area contributed by atoms with E-state index in [-0.39, 0.29) is 11.7 Å². The number of rotatable bonds is 7. The normalized spacial score (nSPS) is 14.8. The van der Waals surface area contributed by atoms with Crippen LogP contribution in [0.2, 0.25) is 0 Å². The van der Waals surface area contributed by atoms with Gasteiger partial charge in [0.1, 0.15) is 5.78 Å². The molecule has 0 rings (SSSR count). The van der Waals surface area contributed by atoms with E-state index in [0.717, 1.165) is 12.8 Å². The van der Waals surface area contributed by atoms with E-state index in [0.29, 0.717) is 12.8 Å². The van der Waals surface area contributed by atoms with Crippen molar-refractivity contribution >= 4 is 11.8 Å². The number of ketones is 1. The van der Waals surface area contributed by atoms with Crippen LogP contribution in [0.1, 0.15) is 39.5 Å². The molecule has 4 nitrogen and oxygen atoms in total. The van der Waals surface area contributed by atoms with Gasteiger partial charge in [-0.25, -0.2) is 0 Å². The van der Waals surface area contributed by atoms with Gasteiger partial charge in [0.2, 0.25) is 0 Å². The van der Waals surface area contributed by atoms with Gasteiger partial charge in [-0.15, -0.1) is 0 Å². The summed E-state index contributed by atoms with van der Waals surface area (Å²) in [5, 5.41) is 8.59. The molecule has 0 spiro atoms. The number of hydrogen-bond acceptors (Lipinski definition) is 3. The van der Waals surface area contributed by atoms with E-state index in [1.54, 1.807) is 13.8 Å². The first kappa shape index (κ1) is 13.1.